The van der Waals surface area contributed by atoms with Crippen molar-refractivity contribution in [1.82, 2.24) is 5.01 Å². The van der Waals surface area contributed by atoms with Gasteiger partial charge in [-0.05, 0) is 48.3 Å². The first-order valence-corrected chi connectivity index (χ1v) is 10.1. The molecule has 150 valence electrons. The summed E-state index contributed by atoms with van der Waals surface area (Å²) in [6, 6.07) is 9.83. The summed E-state index contributed by atoms with van der Waals surface area (Å²) in [6.07, 6.45) is 6.70. The fourth-order valence-corrected chi connectivity index (χ4v) is 5.62. The van der Waals surface area contributed by atoms with Crippen LogP contribution in [0, 0.1) is 35.5 Å². The average Bonchev–Trinajstić information content (AvgIpc) is 3.39. The van der Waals surface area contributed by atoms with Crippen LogP contribution in [-0.2, 0) is 9.59 Å². The molecule has 1 saturated heterocycles. The van der Waals surface area contributed by atoms with Crippen molar-refractivity contribution in [2.45, 2.75) is 6.42 Å². The van der Waals surface area contributed by atoms with Gasteiger partial charge in [0, 0.05) is 5.56 Å². The highest BCUT2D eigenvalue weighted by molar-refractivity contribution is 6.06. The van der Waals surface area contributed by atoms with Crippen LogP contribution in [-0.4, -0.2) is 34.1 Å². The lowest BCUT2D eigenvalue weighted by Crippen LogP contribution is -2.40. The van der Waals surface area contributed by atoms with E-state index < -0.39 is 5.97 Å². The number of carboxylic acid groups (broad SMARTS) is 1. The topological polar surface area (TPSA) is 100 Å². The molecule has 1 N–H and O–H groups in total. The summed E-state index contributed by atoms with van der Waals surface area (Å²) >= 11 is 0. The Kier molecular flexibility index (Phi) is 3.48. The van der Waals surface area contributed by atoms with Gasteiger partial charge in [0.2, 0.25) is 0 Å². The molecule has 7 heteroatoms. The van der Waals surface area contributed by atoms with E-state index in [4.69, 9.17) is 4.42 Å². The molecule has 7 nitrogen and oxygen atoms in total. The van der Waals surface area contributed by atoms with Crippen molar-refractivity contribution in [2.24, 2.45) is 40.6 Å². The van der Waals surface area contributed by atoms with Gasteiger partial charge in [0.15, 0.2) is 0 Å². The molecular weight excluding hydrogens is 384 g/mol. The third-order valence-electron chi connectivity index (χ3n) is 6.99. The Labute approximate surface area is 171 Å². The van der Waals surface area contributed by atoms with Gasteiger partial charge in [-0.25, -0.2) is 4.79 Å². The predicted octanol–water partition coefficient (Wildman–Crippen LogP) is 3.03. The maximum absolute atomic E-state index is 12.9. The Morgan fingerprint density at radius 2 is 1.70 bits per heavy atom. The number of carboxylic acids is 1. The zero-order valence-corrected chi connectivity index (χ0v) is 15.8. The summed E-state index contributed by atoms with van der Waals surface area (Å²) < 4.78 is 5.71. The first kappa shape index (κ1) is 17.4. The van der Waals surface area contributed by atoms with Crippen molar-refractivity contribution in [3.63, 3.8) is 0 Å². The van der Waals surface area contributed by atoms with Crippen molar-refractivity contribution in [3.05, 3.63) is 59.9 Å². The van der Waals surface area contributed by atoms with Crippen LogP contribution < -0.4 is 0 Å². The van der Waals surface area contributed by atoms with Crippen molar-refractivity contribution >= 4 is 24.0 Å². The summed E-state index contributed by atoms with van der Waals surface area (Å²) in [5, 5.41) is 14.5. The Balaban J connectivity index is 1.26. The molecule has 2 bridgehead atoms. The molecule has 0 unspecified atom stereocenters. The van der Waals surface area contributed by atoms with Gasteiger partial charge in [0.25, 0.3) is 11.8 Å². The molecule has 1 aromatic carbocycles. The number of hydrogen-bond acceptors (Lipinski definition) is 5. The largest absolute Gasteiger partial charge is 0.478 e. The Hall–Kier alpha value is -3.48. The highest BCUT2D eigenvalue weighted by Gasteiger charge is 2.67. The highest BCUT2D eigenvalue weighted by atomic mass is 16.4. The van der Waals surface area contributed by atoms with Crippen LogP contribution >= 0.6 is 0 Å². The summed E-state index contributed by atoms with van der Waals surface area (Å²) in [6.45, 7) is 0. The van der Waals surface area contributed by atoms with E-state index in [1.54, 1.807) is 30.3 Å². The number of carbonyl (C=O) groups excluding carboxylic acids is 2. The molecule has 7 rings (SSSR count). The van der Waals surface area contributed by atoms with Gasteiger partial charge in [-0.3, -0.25) is 9.59 Å². The molecule has 1 aliphatic heterocycles. The van der Waals surface area contributed by atoms with Crippen LogP contribution in [0.5, 0.6) is 0 Å². The van der Waals surface area contributed by atoms with E-state index >= 15 is 0 Å². The lowest BCUT2D eigenvalue weighted by atomic mass is 9.63. The molecule has 1 aromatic heterocycles. The molecule has 4 aliphatic carbocycles. The maximum atomic E-state index is 12.9. The van der Waals surface area contributed by atoms with Gasteiger partial charge in [0.1, 0.15) is 11.5 Å². The second-order valence-corrected chi connectivity index (χ2v) is 8.44. The lowest BCUT2D eigenvalue weighted by Gasteiger charge is -2.37. The molecule has 2 saturated carbocycles. The van der Waals surface area contributed by atoms with E-state index in [0.29, 0.717) is 28.9 Å². The van der Waals surface area contributed by atoms with Crippen molar-refractivity contribution in [1.29, 1.82) is 0 Å². The van der Waals surface area contributed by atoms with E-state index in [2.05, 4.69) is 17.3 Å². The van der Waals surface area contributed by atoms with Crippen LogP contribution in [0.15, 0.2) is 58.1 Å². The number of imide groups is 1. The van der Waals surface area contributed by atoms with E-state index in [1.807, 2.05) is 0 Å². The van der Waals surface area contributed by atoms with Gasteiger partial charge in [-0.15, -0.1) is 0 Å². The SMILES string of the molecule is O=C(O)c1ccccc1-c1ccc(/C=N\N2C(=O)[C@@H]3[C@@H]4C=C[C@H]([C@H]5C[C@@H]45)[C@@H]3C2=O)o1. The second kappa shape index (κ2) is 6.01. The summed E-state index contributed by atoms with van der Waals surface area (Å²) in [5.41, 5.74) is 0.580. The molecule has 5 aliphatic rings. The number of aromatic carboxylic acids is 1. The number of nitrogens with zero attached hydrogens (tertiary/aromatic N) is 2. The molecule has 2 amide bonds. The van der Waals surface area contributed by atoms with Crippen LogP contribution in [0.1, 0.15) is 22.5 Å². The number of rotatable bonds is 4. The van der Waals surface area contributed by atoms with Crippen molar-refractivity contribution in [2.75, 3.05) is 0 Å². The quantitative estimate of drug-likeness (QED) is 0.481. The fraction of sp³-hybridized carbons (Fsp3) is 0.304. The van der Waals surface area contributed by atoms with Crippen LogP contribution in [0.2, 0.25) is 0 Å². The van der Waals surface area contributed by atoms with Gasteiger partial charge in [0.05, 0.1) is 23.6 Å². The van der Waals surface area contributed by atoms with E-state index in [9.17, 15) is 19.5 Å². The minimum absolute atomic E-state index is 0.130. The standard InChI is InChI=1S/C23H18N2O5/c26-21-19-13-6-7-14(17-9-16(13)17)20(19)22(27)25(21)24-10-11-5-8-18(30-11)12-3-1-2-4-15(12)23(28)29/h1-8,10,13-14,16-17,19-20H,9H2,(H,28,29)/b24-10-/t13-,14-,16-,17+,19+,20-/m1/s1. The number of hydrogen-bond donors (Lipinski definition) is 1. The zero-order valence-electron chi connectivity index (χ0n) is 15.8. The first-order chi connectivity index (χ1) is 14.5. The summed E-state index contributed by atoms with van der Waals surface area (Å²) in [7, 11) is 0. The number of amides is 2. The number of hydrazone groups is 1. The van der Waals surface area contributed by atoms with Gasteiger partial charge in [-0.2, -0.15) is 10.1 Å². The van der Waals surface area contributed by atoms with E-state index in [-0.39, 0.29) is 41.0 Å². The van der Waals surface area contributed by atoms with Gasteiger partial charge < -0.3 is 9.52 Å². The zero-order chi connectivity index (χ0) is 20.6. The molecule has 2 aromatic rings. The number of furan rings is 1. The highest BCUT2D eigenvalue weighted by Crippen LogP contribution is 2.65. The minimum atomic E-state index is -1.05. The monoisotopic (exact) mass is 402 g/mol. The third kappa shape index (κ3) is 2.32. The second-order valence-electron chi connectivity index (χ2n) is 8.44. The fourth-order valence-electron chi connectivity index (χ4n) is 5.62. The molecule has 0 spiro atoms. The van der Waals surface area contributed by atoms with Crippen molar-refractivity contribution < 1.29 is 23.9 Å². The Morgan fingerprint density at radius 3 is 2.37 bits per heavy atom. The smallest absolute Gasteiger partial charge is 0.336 e. The maximum Gasteiger partial charge on any atom is 0.336 e. The van der Waals surface area contributed by atoms with Gasteiger partial charge in [-0.1, -0.05) is 30.4 Å². The Bertz CT molecular complexity index is 1130. The van der Waals surface area contributed by atoms with E-state index in [0.717, 1.165) is 11.4 Å². The summed E-state index contributed by atoms with van der Waals surface area (Å²) in [5.74, 6) is 0.0407. The number of benzene rings is 1. The van der Waals surface area contributed by atoms with Crippen LogP contribution in [0.4, 0.5) is 0 Å². The third-order valence-corrected chi connectivity index (χ3v) is 6.99. The predicted molar refractivity (Wildman–Crippen MR) is 105 cm³/mol. The number of allylic oxidation sites excluding steroid dienone is 2. The molecule has 2 heterocycles. The average molecular weight is 402 g/mol. The lowest BCUT2D eigenvalue weighted by molar-refractivity contribution is -0.140. The molecule has 3 fully saturated rings. The molecular formula is C23H18N2O5. The van der Waals surface area contributed by atoms with E-state index in [1.165, 1.54) is 12.3 Å². The molecule has 6 atom stereocenters. The molecule has 0 radical (unpaired) electrons. The van der Waals surface area contributed by atoms with Crippen LogP contribution in [0.25, 0.3) is 11.3 Å². The van der Waals surface area contributed by atoms with Gasteiger partial charge >= 0.3 is 5.97 Å². The van der Waals surface area contributed by atoms with Crippen LogP contribution in [0.3, 0.4) is 0 Å². The normalized spacial score (nSPS) is 33.3. The summed E-state index contributed by atoms with van der Waals surface area (Å²) in [4.78, 5) is 37.3. The molecule has 30 heavy (non-hydrogen) atoms. The number of carbonyl (C=O) groups is 3. The first-order valence-electron chi connectivity index (χ1n) is 10.1. The minimum Gasteiger partial charge on any atom is -0.478 e. The van der Waals surface area contributed by atoms with Crippen molar-refractivity contribution in [3.8, 4) is 11.3 Å². The Morgan fingerprint density at radius 1 is 1.03 bits per heavy atom.